The standard InChI is InChI=1S/C26H44N6O4/c1-19(27)31-14-7-6-10-23(29)25(33)35-17-13-22(11-15-32-20(2)28)18-24(30)26(34)36-16-12-21-8-4-3-5-9-21/h3-5,8-9,22-24H,6-7,10-18,29-30H2,1-2H3,(H2,27,31)(H2,28,32). The number of aliphatic imine (C=N–C) groups is 2. The second-order valence-corrected chi connectivity index (χ2v) is 9.00. The van der Waals surface area contributed by atoms with Crippen LogP contribution in [0, 0.1) is 5.92 Å². The summed E-state index contributed by atoms with van der Waals surface area (Å²) >= 11 is 0. The molecule has 8 N–H and O–H groups in total. The van der Waals surface area contributed by atoms with Gasteiger partial charge in [0.05, 0.1) is 24.9 Å². The van der Waals surface area contributed by atoms with Gasteiger partial charge in [-0.15, -0.1) is 0 Å². The number of nitrogens with zero attached hydrogens (tertiary/aromatic N) is 2. The van der Waals surface area contributed by atoms with E-state index in [4.69, 9.17) is 32.4 Å². The van der Waals surface area contributed by atoms with E-state index in [1.807, 2.05) is 30.3 Å². The maximum atomic E-state index is 12.4. The van der Waals surface area contributed by atoms with Gasteiger partial charge in [-0.1, -0.05) is 30.3 Å². The zero-order valence-corrected chi connectivity index (χ0v) is 21.7. The van der Waals surface area contributed by atoms with Crippen LogP contribution in [-0.4, -0.2) is 62.0 Å². The largest absolute Gasteiger partial charge is 0.465 e. The number of rotatable bonds is 18. The first kappa shape index (κ1) is 31.1. The summed E-state index contributed by atoms with van der Waals surface area (Å²) in [5.41, 5.74) is 24.3. The molecule has 0 amide bonds. The minimum atomic E-state index is -0.772. The monoisotopic (exact) mass is 504 g/mol. The fourth-order valence-corrected chi connectivity index (χ4v) is 3.56. The number of unbranched alkanes of at least 4 members (excludes halogenated alkanes) is 1. The Morgan fingerprint density at radius 2 is 1.42 bits per heavy atom. The third-order valence-electron chi connectivity index (χ3n) is 5.62. The molecule has 10 heteroatoms. The number of amidine groups is 2. The molecule has 1 rings (SSSR count). The summed E-state index contributed by atoms with van der Waals surface area (Å²) < 4.78 is 10.7. The van der Waals surface area contributed by atoms with Crippen molar-refractivity contribution in [2.24, 2.45) is 38.8 Å². The Kier molecular flexibility index (Phi) is 15.8. The normalized spacial score (nSPS) is 14.7. The van der Waals surface area contributed by atoms with Crippen LogP contribution in [0.1, 0.15) is 57.9 Å². The van der Waals surface area contributed by atoms with Crippen LogP contribution in [-0.2, 0) is 25.5 Å². The van der Waals surface area contributed by atoms with Crippen molar-refractivity contribution < 1.29 is 19.1 Å². The molecule has 1 aromatic rings. The lowest BCUT2D eigenvalue weighted by atomic mass is 9.94. The first-order chi connectivity index (χ1) is 17.2. The molecule has 202 valence electrons. The number of ether oxygens (including phenoxy) is 2. The van der Waals surface area contributed by atoms with Gasteiger partial charge < -0.3 is 32.4 Å². The van der Waals surface area contributed by atoms with E-state index >= 15 is 0 Å². The van der Waals surface area contributed by atoms with Crippen molar-refractivity contribution in [1.29, 1.82) is 0 Å². The number of hydrogen-bond acceptors (Lipinski definition) is 8. The molecule has 0 radical (unpaired) electrons. The van der Waals surface area contributed by atoms with Gasteiger partial charge in [0.25, 0.3) is 0 Å². The molecular formula is C26H44N6O4. The van der Waals surface area contributed by atoms with E-state index in [1.165, 1.54) is 0 Å². The second-order valence-electron chi connectivity index (χ2n) is 9.00. The first-order valence-electron chi connectivity index (χ1n) is 12.6. The lowest BCUT2D eigenvalue weighted by molar-refractivity contribution is -0.147. The van der Waals surface area contributed by atoms with E-state index < -0.39 is 24.0 Å². The van der Waals surface area contributed by atoms with Crippen molar-refractivity contribution in [3.8, 4) is 0 Å². The molecule has 0 bridgehead atoms. The molecule has 36 heavy (non-hydrogen) atoms. The van der Waals surface area contributed by atoms with E-state index in [-0.39, 0.29) is 19.1 Å². The summed E-state index contributed by atoms with van der Waals surface area (Å²) in [6.45, 7) is 5.03. The van der Waals surface area contributed by atoms with Gasteiger partial charge in [-0.25, -0.2) is 0 Å². The predicted molar refractivity (Wildman–Crippen MR) is 144 cm³/mol. The minimum absolute atomic E-state index is 0.00571. The molecule has 0 saturated heterocycles. The third-order valence-corrected chi connectivity index (χ3v) is 5.62. The molecule has 0 aliphatic rings. The summed E-state index contributed by atoms with van der Waals surface area (Å²) in [4.78, 5) is 33.0. The molecule has 0 fully saturated rings. The number of benzene rings is 1. The number of esters is 2. The zero-order chi connectivity index (χ0) is 26.8. The third kappa shape index (κ3) is 15.1. The fourth-order valence-electron chi connectivity index (χ4n) is 3.56. The Morgan fingerprint density at radius 3 is 2.08 bits per heavy atom. The average molecular weight is 505 g/mol. The van der Waals surface area contributed by atoms with E-state index in [2.05, 4.69) is 9.98 Å². The van der Waals surface area contributed by atoms with Gasteiger partial charge in [0, 0.05) is 19.5 Å². The number of carbonyl (C=O) groups is 2. The van der Waals surface area contributed by atoms with Gasteiger partial charge in [-0.3, -0.25) is 19.6 Å². The Hall–Kier alpha value is -2.98. The quantitative estimate of drug-likeness (QED) is 0.101. The Labute approximate surface area is 214 Å². The van der Waals surface area contributed by atoms with Gasteiger partial charge in [0.2, 0.25) is 0 Å². The van der Waals surface area contributed by atoms with Crippen LogP contribution in [0.15, 0.2) is 40.3 Å². The van der Waals surface area contributed by atoms with E-state index in [0.717, 1.165) is 18.4 Å². The average Bonchev–Trinajstić information content (AvgIpc) is 2.83. The Morgan fingerprint density at radius 1 is 0.806 bits per heavy atom. The molecule has 3 atom stereocenters. The highest BCUT2D eigenvalue weighted by molar-refractivity contribution is 5.77. The molecule has 0 aromatic heterocycles. The van der Waals surface area contributed by atoms with Gasteiger partial charge in [-0.2, -0.15) is 0 Å². The van der Waals surface area contributed by atoms with Crippen molar-refractivity contribution in [3.63, 3.8) is 0 Å². The Bertz CT molecular complexity index is 823. The SMILES string of the molecule is CC(N)=NCCCCC(N)C(=O)OCCC(CCN=C(C)N)CC(N)C(=O)OCCc1ccccc1. The van der Waals surface area contributed by atoms with Crippen LogP contribution < -0.4 is 22.9 Å². The predicted octanol–water partition coefficient (Wildman–Crippen LogP) is 1.68. The topological polar surface area (TPSA) is 181 Å². The van der Waals surface area contributed by atoms with Crippen LogP contribution in [0.3, 0.4) is 0 Å². The lowest BCUT2D eigenvalue weighted by Gasteiger charge is -2.20. The van der Waals surface area contributed by atoms with Crippen molar-refractivity contribution in [3.05, 3.63) is 35.9 Å². The highest BCUT2D eigenvalue weighted by Gasteiger charge is 2.22. The summed E-state index contributed by atoms with van der Waals surface area (Å²) in [5, 5.41) is 0. The minimum Gasteiger partial charge on any atom is -0.465 e. The molecule has 10 nitrogen and oxygen atoms in total. The molecule has 0 spiro atoms. The molecule has 1 aromatic carbocycles. The number of hydrogen-bond donors (Lipinski definition) is 4. The maximum Gasteiger partial charge on any atom is 0.322 e. The highest BCUT2D eigenvalue weighted by atomic mass is 16.5. The van der Waals surface area contributed by atoms with Crippen molar-refractivity contribution >= 4 is 23.6 Å². The van der Waals surface area contributed by atoms with Gasteiger partial charge in [-0.05, 0) is 63.9 Å². The van der Waals surface area contributed by atoms with E-state index in [1.54, 1.807) is 13.8 Å². The van der Waals surface area contributed by atoms with Crippen LogP contribution in [0.25, 0.3) is 0 Å². The van der Waals surface area contributed by atoms with E-state index in [9.17, 15) is 9.59 Å². The summed E-state index contributed by atoms with van der Waals surface area (Å²) in [7, 11) is 0. The number of carbonyl (C=O) groups excluding carboxylic acids is 2. The molecule has 0 saturated carbocycles. The number of nitrogens with two attached hydrogens (primary N) is 4. The molecular weight excluding hydrogens is 460 g/mol. The summed E-state index contributed by atoms with van der Waals surface area (Å²) in [5.74, 6) is 0.158. The molecule has 3 unspecified atom stereocenters. The van der Waals surface area contributed by atoms with Crippen LogP contribution in [0.2, 0.25) is 0 Å². The van der Waals surface area contributed by atoms with Gasteiger partial charge in [0.1, 0.15) is 12.1 Å². The van der Waals surface area contributed by atoms with Gasteiger partial charge in [0.15, 0.2) is 0 Å². The first-order valence-corrected chi connectivity index (χ1v) is 12.6. The van der Waals surface area contributed by atoms with E-state index in [0.29, 0.717) is 56.9 Å². The van der Waals surface area contributed by atoms with Crippen molar-refractivity contribution in [1.82, 2.24) is 0 Å². The summed E-state index contributed by atoms with van der Waals surface area (Å²) in [6, 6.07) is 8.33. The maximum absolute atomic E-state index is 12.4. The molecule has 0 aliphatic heterocycles. The molecule has 0 heterocycles. The molecule has 0 aliphatic carbocycles. The highest BCUT2D eigenvalue weighted by Crippen LogP contribution is 2.17. The van der Waals surface area contributed by atoms with Crippen molar-refractivity contribution in [2.45, 2.75) is 70.9 Å². The Balaban J connectivity index is 2.44. The van der Waals surface area contributed by atoms with Crippen LogP contribution >= 0.6 is 0 Å². The zero-order valence-electron chi connectivity index (χ0n) is 21.7. The lowest BCUT2D eigenvalue weighted by Crippen LogP contribution is -2.35. The van der Waals surface area contributed by atoms with Crippen molar-refractivity contribution in [2.75, 3.05) is 26.3 Å². The second kappa shape index (κ2) is 18.3. The fraction of sp³-hybridized carbons (Fsp3) is 0.615. The smallest absolute Gasteiger partial charge is 0.322 e. The van der Waals surface area contributed by atoms with Crippen LogP contribution in [0.4, 0.5) is 0 Å². The van der Waals surface area contributed by atoms with Gasteiger partial charge >= 0.3 is 11.9 Å². The van der Waals surface area contributed by atoms with Crippen LogP contribution in [0.5, 0.6) is 0 Å². The summed E-state index contributed by atoms with van der Waals surface area (Å²) in [6.07, 6.45) is 4.30.